The Kier molecular flexibility index (Phi) is 3.90. The first-order valence-electron chi connectivity index (χ1n) is 9.69. The van der Waals surface area contributed by atoms with Crippen molar-refractivity contribution in [1.82, 2.24) is 9.13 Å². The van der Waals surface area contributed by atoms with Gasteiger partial charge in [0.1, 0.15) is 5.82 Å². The number of allylic oxidation sites excluding steroid dienone is 1. The topological polar surface area (TPSA) is 44.0 Å². The molecule has 0 spiro atoms. The van der Waals surface area contributed by atoms with Gasteiger partial charge in [-0.25, -0.2) is 4.39 Å². The van der Waals surface area contributed by atoms with Gasteiger partial charge in [-0.05, 0) is 54.4 Å². The second-order valence-corrected chi connectivity index (χ2v) is 7.67. The molecule has 5 aromatic rings. The zero-order chi connectivity index (χ0) is 21.2. The first kappa shape index (κ1) is 18.3. The number of aryl methyl sites for hydroxylation is 2. The average molecular weight is 398 g/mol. The van der Waals surface area contributed by atoms with Crippen LogP contribution in [0.4, 0.5) is 4.39 Å². The van der Waals surface area contributed by atoms with Crippen LogP contribution in [0.25, 0.3) is 43.6 Å². The van der Waals surface area contributed by atoms with Crippen LogP contribution in [-0.2, 0) is 20.5 Å². The Morgan fingerprint density at radius 1 is 0.767 bits per heavy atom. The fraction of sp³-hybridized carbons (Fsp3) is 0.120. The maximum absolute atomic E-state index is 13.8. The van der Waals surface area contributed by atoms with Crippen LogP contribution in [0.1, 0.15) is 5.56 Å². The molecular formula is C25H19FN2O2. The van der Waals surface area contributed by atoms with E-state index in [1.165, 1.54) is 18.2 Å². The van der Waals surface area contributed by atoms with Crippen molar-refractivity contribution in [2.75, 3.05) is 0 Å². The maximum atomic E-state index is 13.8. The van der Waals surface area contributed by atoms with Crippen molar-refractivity contribution >= 4 is 43.6 Å². The molecule has 0 aliphatic rings. The number of hydrogen-bond acceptors (Lipinski definition) is 2. The van der Waals surface area contributed by atoms with E-state index in [0.29, 0.717) is 44.5 Å². The van der Waals surface area contributed by atoms with Crippen LogP contribution in [0.5, 0.6) is 0 Å². The summed E-state index contributed by atoms with van der Waals surface area (Å²) in [6.45, 7) is 3.78. The quantitative estimate of drug-likeness (QED) is 0.323. The fourth-order valence-electron chi connectivity index (χ4n) is 4.36. The van der Waals surface area contributed by atoms with E-state index in [-0.39, 0.29) is 10.9 Å². The van der Waals surface area contributed by atoms with Crippen molar-refractivity contribution in [3.63, 3.8) is 0 Å². The lowest BCUT2D eigenvalue weighted by molar-refractivity contribution is 0.629. The molecule has 0 N–H and O–H groups in total. The van der Waals surface area contributed by atoms with Gasteiger partial charge in [-0.3, -0.25) is 9.59 Å². The molecule has 2 aromatic heterocycles. The van der Waals surface area contributed by atoms with E-state index in [1.54, 1.807) is 23.7 Å². The van der Waals surface area contributed by atoms with Crippen molar-refractivity contribution in [3.8, 4) is 0 Å². The molecule has 0 radical (unpaired) electrons. The third-order valence-corrected chi connectivity index (χ3v) is 5.94. The zero-order valence-electron chi connectivity index (χ0n) is 16.7. The number of benzene rings is 3. The predicted molar refractivity (Wildman–Crippen MR) is 121 cm³/mol. The van der Waals surface area contributed by atoms with Crippen molar-refractivity contribution in [1.29, 1.82) is 0 Å². The molecule has 3 aromatic carbocycles. The van der Waals surface area contributed by atoms with Crippen LogP contribution in [0.15, 0.2) is 70.8 Å². The second kappa shape index (κ2) is 6.39. The average Bonchev–Trinajstić information content (AvgIpc) is 2.75. The smallest absolute Gasteiger partial charge is 0.197 e. The summed E-state index contributed by atoms with van der Waals surface area (Å²) >= 11 is 0. The largest absolute Gasteiger partial charge is 0.343 e. The molecular weight excluding hydrogens is 379 g/mol. The Balaban J connectivity index is 2.00. The molecule has 0 saturated carbocycles. The summed E-state index contributed by atoms with van der Waals surface area (Å²) in [6, 6.07) is 13.4. The second-order valence-electron chi connectivity index (χ2n) is 7.67. The summed E-state index contributed by atoms with van der Waals surface area (Å²) < 4.78 is 17.5. The highest BCUT2D eigenvalue weighted by Gasteiger charge is 2.15. The fourth-order valence-corrected chi connectivity index (χ4v) is 4.36. The summed E-state index contributed by atoms with van der Waals surface area (Å²) in [7, 11) is 3.68. The summed E-state index contributed by atoms with van der Waals surface area (Å²) in [5.41, 5.74) is 3.41. The molecule has 0 saturated heterocycles. The normalized spacial score (nSPS) is 11.7. The number of pyridine rings is 2. The Labute approximate surface area is 171 Å². The minimum absolute atomic E-state index is 0.0862. The van der Waals surface area contributed by atoms with Gasteiger partial charge < -0.3 is 9.13 Å². The van der Waals surface area contributed by atoms with Crippen molar-refractivity contribution < 1.29 is 4.39 Å². The van der Waals surface area contributed by atoms with Gasteiger partial charge in [0, 0.05) is 35.6 Å². The molecule has 0 atom stereocenters. The standard InChI is InChI=1S/C25H19FN2O2/c1-4-5-14-6-8-16-20(10-14)27(2)22-12-19-23(13-18(22)24(16)29)28(3)21-11-15(26)7-9-17(21)25(19)30/h4,6-13H,1,5H2,2-3H3. The maximum Gasteiger partial charge on any atom is 0.197 e. The minimum atomic E-state index is -0.408. The van der Waals surface area contributed by atoms with E-state index < -0.39 is 5.82 Å². The van der Waals surface area contributed by atoms with Crippen LogP contribution in [0.3, 0.4) is 0 Å². The third kappa shape index (κ3) is 2.45. The first-order valence-corrected chi connectivity index (χ1v) is 9.69. The number of halogens is 1. The Bertz CT molecular complexity index is 1660. The van der Waals surface area contributed by atoms with Gasteiger partial charge in [-0.2, -0.15) is 0 Å². The van der Waals surface area contributed by atoms with Crippen LogP contribution in [0, 0.1) is 5.82 Å². The highest BCUT2D eigenvalue weighted by Crippen LogP contribution is 2.25. The van der Waals surface area contributed by atoms with Crippen LogP contribution in [0.2, 0.25) is 0 Å². The van der Waals surface area contributed by atoms with Gasteiger partial charge in [0.05, 0.1) is 22.1 Å². The van der Waals surface area contributed by atoms with Gasteiger partial charge in [0.2, 0.25) is 0 Å². The molecule has 2 heterocycles. The molecule has 148 valence electrons. The lowest BCUT2D eigenvalue weighted by Gasteiger charge is -2.15. The van der Waals surface area contributed by atoms with Crippen LogP contribution >= 0.6 is 0 Å². The molecule has 5 rings (SSSR count). The molecule has 4 nitrogen and oxygen atoms in total. The third-order valence-electron chi connectivity index (χ3n) is 5.94. The Morgan fingerprint density at radius 3 is 1.83 bits per heavy atom. The van der Waals surface area contributed by atoms with E-state index in [9.17, 15) is 14.0 Å². The van der Waals surface area contributed by atoms with E-state index in [0.717, 1.165) is 11.1 Å². The molecule has 0 amide bonds. The molecule has 0 bridgehead atoms. The van der Waals surface area contributed by atoms with Crippen LogP contribution < -0.4 is 10.9 Å². The number of aromatic nitrogens is 2. The van der Waals surface area contributed by atoms with Gasteiger partial charge in [-0.15, -0.1) is 6.58 Å². The van der Waals surface area contributed by atoms with Crippen LogP contribution in [-0.4, -0.2) is 9.13 Å². The van der Waals surface area contributed by atoms with Gasteiger partial charge >= 0.3 is 0 Å². The molecule has 0 aliphatic carbocycles. The molecule has 30 heavy (non-hydrogen) atoms. The summed E-state index contributed by atoms with van der Waals surface area (Å²) in [4.78, 5) is 26.4. The molecule has 0 unspecified atom stereocenters. The Morgan fingerprint density at radius 2 is 1.27 bits per heavy atom. The summed E-state index contributed by atoms with van der Waals surface area (Å²) in [5.74, 6) is -0.408. The lowest BCUT2D eigenvalue weighted by atomic mass is 10.0. The highest BCUT2D eigenvalue weighted by molar-refractivity contribution is 6.03. The van der Waals surface area contributed by atoms with Crippen molar-refractivity contribution in [2.45, 2.75) is 6.42 Å². The van der Waals surface area contributed by atoms with E-state index in [2.05, 4.69) is 6.58 Å². The first-order chi connectivity index (χ1) is 14.4. The number of rotatable bonds is 2. The molecule has 5 heteroatoms. The number of hydrogen-bond donors (Lipinski definition) is 0. The SMILES string of the molecule is C=CCc1ccc2c(=O)c3cc4c(cc3n(C)c2c1)c(=O)c1ccc(F)cc1n4C. The van der Waals surface area contributed by atoms with E-state index >= 15 is 0 Å². The van der Waals surface area contributed by atoms with E-state index in [1.807, 2.05) is 35.9 Å². The molecule has 0 aliphatic heterocycles. The minimum Gasteiger partial charge on any atom is -0.343 e. The summed E-state index contributed by atoms with van der Waals surface area (Å²) in [6.07, 6.45) is 2.54. The van der Waals surface area contributed by atoms with E-state index in [4.69, 9.17) is 0 Å². The monoisotopic (exact) mass is 398 g/mol. The number of nitrogens with zero attached hydrogens (tertiary/aromatic N) is 2. The van der Waals surface area contributed by atoms with Gasteiger partial charge in [-0.1, -0.05) is 12.1 Å². The van der Waals surface area contributed by atoms with Crippen molar-refractivity contribution in [2.24, 2.45) is 14.1 Å². The van der Waals surface area contributed by atoms with Gasteiger partial charge in [0.25, 0.3) is 0 Å². The highest BCUT2D eigenvalue weighted by atomic mass is 19.1. The lowest BCUT2D eigenvalue weighted by Crippen LogP contribution is -2.13. The van der Waals surface area contributed by atoms with Gasteiger partial charge in [0.15, 0.2) is 10.9 Å². The molecule has 0 fully saturated rings. The Hall–Kier alpha value is -3.73. The summed E-state index contributed by atoms with van der Waals surface area (Å²) in [5, 5.41) is 2.10. The number of fused-ring (bicyclic) bond motifs is 4. The van der Waals surface area contributed by atoms with Crippen molar-refractivity contribution in [3.05, 3.63) is 93.0 Å². The zero-order valence-corrected chi connectivity index (χ0v) is 16.7. The predicted octanol–water partition coefficient (Wildman–Crippen LogP) is 4.56.